The largest absolute Gasteiger partial charge is 0.479 e. The number of carbonyl (C=O) groups is 3. The summed E-state index contributed by atoms with van der Waals surface area (Å²) in [4.78, 5) is 39.0. The number of aliphatic carboxylic acids is 1. The van der Waals surface area contributed by atoms with Crippen LogP contribution in [0.3, 0.4) is 0 Å². The van der Waals surface area contributed by atoms with Crippen molar-refractivity contribution < 1.29 is 33.5 Å². The Morgan fingerprint density at radius 3 is 2.18 bits per heavy atom. The van der Waals surface area contributed by atoms with Gasteiger partial charge in [-0.25, -0.2) is 19.5 Å². The zero-order valence-electron chi connectivity index (χ0n) is 17.2. The van der Waals surface area contributed by atoms with Crippen LogP contribution in [0.25, 0.3) is 11.1 Å². The summed E-state index contributed by atoms with van der Waals surface area (Å²) < 4.78 is 19.8. The highest BCUT2D eigenvalue weighted by Crippen LogP contribution is 2.44. The van der Waals surface area contributed by atoms with Gasteiger partial charge in [0, 0.05) is 11.5 Å². The van der Waals surface area contributed by atoms with Crippen molar-refractivity contribution in [1.29, 1.82) is 0 Å². The minimum absolute atomic E-state index is 0.0723. The quantitative estimate of drug-likeness (QED) is 0.470. The Bertz CT molecular complexity index is 1180. The van der Waals surface area contributed by atoms with Crippen molar-refractivity contribution in [3.05, 3.63) is 89.2 Å². The first-order valence-electron chi connectivity index (χ1n) is 9.99. The van der Waals surface area contributed by atoms with Crippen LogP contribution in [-0.2, 0) is 14.4 Å². The number of nitrogens with one attached hydrogen (secondary N) is 2. The van der Waals surface area contributed by atoms with Gasteiger partial charge < -0.3 is 9.84 Å². The van der Waals surface area contributed by atoms with Gasteiger partial charge in [-0.15, -0.1) is 0 Å². The topological polar surface area (TPSA) is 114 Å². The second-order valence-corrected chi connectivity index (χ2v) is 7.26. The fraction of sp³-hybridized carbons (Fsp3) is 0.125. The summed E-state index contributed by atoms with van der Waals surface area (Å²) in [6.45, 7) is -0.668. The van der Waals surface area contributed by atoms with Gasteiger partial charge in [0.1, 0.15) is 12.4 Å². The second kappa shape index (κ2) is 9.49. The number of hydrogen-bond acceptors (Lipinski definition) is 5. The summed E-state index contributed by atoms with van der Waals surface area (Å²) in [5.74, 6) is -3.11. The van der Waals surface area contributed by atoms with E-state index in [0.717, 1.165) is 28.3 Å². The normalized spacial score (nSPS) is 11.9. The molecule has 1 aliphatic carbocycles. The molecule has 0 fully saturated rings. The van der Waals surface area contributed by atoms with Crippen molar-refractivity contribution in [3.8, 4) is 11.1 Å². The van der Waals surface area contributed by atoms with Crippen molar-refractivity contribution >= 4 is 23.7 Å². The van der Waals surface area contributed by atoms with Crippen LogP contribution in [0, 0.1) is 5.82 Å². The van der Waals surface area contributed by atoms with Crippen molar-refractivity contribution in [2.45, 2.75) is 5.92 Å². The highest BCUT2D eigenvalue weighted by molar-refractivity contribution is 5.94. The molecule has 168 valence electrons. The number of halogens is 1. The fourth-order valence-corrected chi connectivity index (χ4v) is 3.72. The maximum absolute atomic E-state index is 14.4. The van der Waals surface area contributed by atoms with Gasteiger partial charge in [-0.3, -0.25) is 14.9 Å². The minimum atomic E-state index is -1.27. The van der Waals surface area contributed by atoms with Gasteiger partial charge in [0.2, 0.25) is 0 Å². The van der Waals surface area contributed by atoms with Gasteiger partial charge in [0.15, 0.2) is 6.61 Å². The van der Waals surface area contributed by atoms with E-state index in [-0.39, 0.29) is 23.8 Å². The molecule has 9 heteroatoms. The van der Waals surface area contributed by atoms with Crippen molar-refractivity contribution in [3.63, 3.8) is 0 Å². The number of ether oxygens (including phenoxy) is 1. The van der Waals surface area contributed by atoms with Gasteiger partial charge in [-0.05, 0) is 40.5 Å². The zero-order chi connectivity index (χ0) is 23.4. The third-order valence-electron chi connectivity index (χ3n) is 5.17. The molecule has 33 heavy (non-hydrogen) atoms. The lowest BCUT2D eigenvalue weighted by Crippen LogP contribution is -2.26. The van der Waals surface area contributed by atoms with E-state index in [0.29, 0.717) is 0 Å². The van der Waals surface area contributed by atoms with E-state index < -0.39 is 30.4 Å². The lowest BCUT2D eigenvalue weighted by Gasteiger charge is -2.15. The van der Waals surface area contributed by atoms with Crippen molar-refractivity contribution in [2.24, 2.45) is 0 Å². The molecule has 0 bridgehead atoms. The number of hydrogen-bond donors (Lipinski definition) is 3. The van der Waals surface area contributed by atoms with Crippen LogP contribution < -0.4 is 10.8 Å². The summed E-state index contributed by atoms with van der Waals surface area (Å²) in [5, 5.41) is 10.8. The number of amides is 2. The SMILES string of the molecule is O=C(O)CONC(=O)c1ccc(NC(=O)OCC2c3ccccc3-c3ccccc32)c(F)c1. The molecule has 3 aromatic rings. The third-order valence-corrected chi connectivity index (χ3v) is 5.17. The van der Waals surface area contributed by atoms with Crippen molar-refractivity contribution in [1.82, 2.24) is 5.48 Å². The lowest BCUT2D eigenvalue weighted by atomic mass is 9.98. The summed E-state index contributed by atoms with van der Waals surface area (Å²) in [5.41, 5.74) is 5.89. The van der Waals surface area contributed by atoms with Crippen LogP contribution in [0.5, 0.6) is 0 Å². The summed E-state index contributed by atoms with van der Waals surface area (Å²) >= 11 is 0. The monoisotopic (exact) mass is 450 g/mol. The van der Waals surface area contributed by atoms with Crippen molar-refractivity contribution in [2.75, 3.05) is 18.5 Å². The van der Waals surface area contributed by atoms with Crippen LogP contribution in [0.4, 0.5) is 14.9 Å². The molecule has 0 atom stereocenters. The predicted molar refractivity (Wildman–Crippen MR) is 116 cm³/mol. The number of anilines is 1. The van der Waals surface area contributed by atoms with E-state index in [2.05, 4.69) is 10.2 Å². The molecular formula is C24H19FN2O6. The molecule has 0 spiro atoms. The van der Waals surface area contributed by atoms with E-state index in [1.165, 1.54) is 12.1 Å². The number of carbonyl (C=O) groups excluding carboxylic acids is 2. The number of rotatable bonds is 7. The predicted octanol–water partition coefficient (Wildman–Crippen LogP) is 3.93. The molecule has 1 aliphatic rings. The Hall–Kier alpha value is -4.24. The van der Waals surface area contributed by atoms with Gasteiger partial charge in [0.25, 0.3) is 5.91 Å². The Labute approximate surface area is 187 Å². The average Bonchev–Trinajstić information content (AvgIpc) is 3.12. The maximum atomic E-state index is 14.4. The molecule has 0 radical (unpaired) electrons. The average molecular weight is 450 g/mol. The molecule has 0 saturated heterocycles. The Morgan fingerprint density at radius 1 is 0.939 bits per heavy atom. The van der Waals surface area contributed by atoms with Gasteiger partial charge in [0.05, 0.1) is 5.69 Å². The molecule has 0 aliphatic heterocycles. The van der Waals surface area contributed by atoms with Crippen LogP contribution in [0.2, 0.25) is 0 Å². The number of carboxylic acid groups (broad SMARTS) is 1. The molecular weight excluding hydrogens is 431 g/mol. The molecule has 0 heterocycles. The first-order chi connectivity index (χ1) is 15.9. The molecule has 0 unspecified atom stereocenters. The highest BCUT2D eigenvalue weighted by atomic mass is 19.1. The lowest BCUT2D eigenvalue weighted by molar-refractivity contribution is -0.144. The maximum Gasteiger partial charge on any atom is 0.411 e. The minimum Gasteiger partial charge on any atom is -0.479 e. The molecule has 8 nitrogen and oxygen atoms in total. The van der Waals surface area contributed by atoms with Crippen LogP contribution >= 0.6 is 0 Å². The van der Waals surface area contributed by atoms with E-state index in [1.807, 2.05) is 54.0 Å². The Morgan fingerprint density at radius 2 is 1.58 bits per heavy atom. The fourth-order valence-electron chi connectivity index (χ4n) is 3.72. The Balaban J connectivity index is 1.38. The summed E-state index contributed by atoms with van der Waals surface area (Å²) in [7, 11) is 0. The third kappa shape index (κ3) is 4.83. The standard InChI is InChI=1S/C24H19FN2O6/c25-20-11-14(23(30)27-33-13-22(28)29)9-10-21(20)26-24(31)32-12-19-17-7-3-1-5-15(17)16-6-2-4-8-18(16)19/h1-11,19H,12-13H2,(H,26,31)(H,27,30)(H,28,29). The van der Waals surface area contributed by atoms with E-state index in [4.69, 9.17) is 9.84 Å². The van der Waals surface area contributed by atoms with Gasteiger partial charge in [-0.2, -0.15) is 0 Å². The van der Waals surface area contributed by atoms with E-state index in [9.17, 15) is 18.8 Å². The molecule has 2 amide bonds. The second-order valence-electron chi connectivity index (χ2n) is 7.26. The zero-order valence-corrected chi connectivity index (χ0v) is 17.2. The summed E-state index contributed by atoms with van der Waals surface area (Å²) in [6, 6.07) is 19.1. The Kier molecular flexibility index (Phi) is 6.32. The first-order valence-corrected chi connectivity index (χ1v) is 9.99. The smallest absolute Gasteiger partial charge is 0.411 e. The molecule has 0 saturated carbocycles. The number of benzene rings is 3. The molecule has 3 aromatic carbocycles. The molecule has 0 aromatic heterocycles. The highest BCUT2D eigenvalue weighted by Gasteiger charge is 2.29. The van der Waals surface area contributed by atoms with E-state index >= 15 is 0 Å². The van der Waals surface area contributed by atoms with Crippen LogP contribution in [0.1, 0.15) is 27.4 Å². The molecule has 3 N–H and O–H groups in total. The number of hydroxylamine groups is 1. The van der Waals surface area contributed by atoms with Gasteiger partial charge >= 0.3 is 12.1 Å². The molecule has 4 rings (SSSR count). The first kappa shape index (κ1) is 22.0. The van der Waals surface area contributed by atoms with E-state index in [1.54, 1.807) is 0 Å². The van der Waals surface area contributed by atoms with Crippen LogP contribution in [0.15, 0.2) is 66.7 Å². The summed E-state index contributed by atoms with van der Waals surface area (Å²) in [6.07, 6.45) is -0.835. The number of fused-ring (bicyclic) bond motifs is 3. The number of carboxylic acids is 1. The van der Waals surface area contributed by atoms with Gasteiger partial charge in [-0.1, -0.05) is 48.5 Å². The van der Waals surface area contributed by atoms with Crippen LogP contribution in [-0.4, -0.2) is 36.3 Å².